The number of carbonyl (C=O) groups excluding carboxylic acids is 2. The summed E-state index contributed by atoms with van der Waals surface area (Å²) in [6.07, 6.45) is 8.87. The third-order valence-electron chi connectivity index (χ3n) is 4.40. The number of amides is 2. The molecule has 2 aromatic rings. The molecule has 1 heterocycles. The van der Waals surface area contributed by atoms with Gasteiger partial charge < -0.3 is 5.32 Å². The summed E-state index contributed by atoms with van der Waals surface area (Å²) in [6.45, 7) is 1.79. The third kappa shape index (κ3) is 5.02. The van der Waals surface area contributed by atoms with Crippen molar-refractivity contribution in [2.24, 2.45) is 0 Å². The minimum absolute atomic E-state index is 0.0905. The van der Waals surface area contributed by atoms with Gasteiger partial charge in [0.25, 0.3) is 5.91 Å². The lowest BCUT2D eigenvalue weighted by atomic mass is 9.95. The summed E-state index contributed by atoms with van der Waals surface area (Å²) in [5.74, 6) is -0.353. The summed E-state index contributed by atoms with van der Waals surface area (Å²) in [5, 5.41) is 6.27. The molecule has 1 aliphatic rings. The van der Waals surface area contributed by atoms with E-state index in [0.717, 1.165) is 18.4 Å². The molecule has 2 N–H and O–H groups in total. The van der Waals surface area contributed by atoms with Crippen molar-refractivity contribution in [1.29, 1.82) is 0 Å². The number of aryl methyl sites for hydroxylation is 1. The third-order valence-corrected chi connectivity index (χ3v) is 5.47. The first-order chi connectivity index (χ1) is 12.6. The Hall–Kier alpha value is -2.47. The van der Waals surface area contributed by atoms with Gasteiger partial charge in [-0.25, -0.2) is 4.98 Å². The molecule has 6 heteroatoms. The molecule has 26 heavy (non-hydrogen) atoms. The first-order valence-electron chi connectivity index (χ1n) is 8.94. The van der Waals surface area contributed by atoms with Crippen molar-refractivity contribution >= 4 is 34.4 Å². The Morgan fingerprint density at radius 2 is 1.88 bits per heavy atom. The van der Waals surface area contributed by atoms with Gasteiger partial charge in [0.1, 0.15) is 4.88 Å². The van der Waals surface area contributed by atoms with E-state index in [1.165, 1.54) is 36.7 Å². The maximum Gasteiger partial charge on any atom is 0.263 e. The van der Waals surface area contributed by atoms with Crippen molar-refractivity contribution in [3.8, 4) is 0 Å². The maximum atomic E-state index is 12.5. The van der Waals surface area contributed by atoms with Crippen LogP contribution in [-0.4, -0.2) is 22.8 Å². The Morgan fingerprint density at radius 3 is 2.62 bits per heavy atom. The highest BCUT2D eigenvalue weighted by atomic mass is 32.1. The molecule has 0 saturated heterocycles. The lowest BCUT2D eigenvalue weighted by Crippen LogP contribution is -2.36. The SMILES string of the molecule is Cc1nc(NC(=O)/C=C/c2ccccc2)sc1C(=O)NC1CCCCC1. The maximum absolute atomic E-state index is 12.5. The van der Waals surface area contributed by atoms with E-state index < -0.39 is 0 Å². The normalized spacial score (nSPS) is 15.1. The van der Waals surface area contributed by atoms with Gasteiger partial charge in [0.2, 0.25) is 5.91 Å². The highest BCUT2D eigenvalue weighted by Gasteiger charge is 2.20. The van der Waals surface area contributed by atoms with Gasteiger partial charge in [0.05, 0.1) is 5.69 Å². The molecule has 0 aliphatic heterocycles. The largest absolute Gasteiger partial charge is 0.349 e. The average Bonchev–Trinajstić information content (AvgIpc) is 3.02. The molecule has 1 fully saturated rings. The molecule has 2 amide bonds. The fourth-order valence-corrected chi connectivity index (χ4v) is 3.91. The van der Waals surface area contributed by atoms with Crippen LogP contribution in [0.2, 0.25) is 0 Å². The summed E-state index contributed by atoms with van der Waals surface area (Å²) in [7, 11) is 0. The molecule has 1 aromatic heterocycles. The van der Waals surface area contributed by atoms with Crippen LogP contribution in [0.15, 0.2) is 36.4 Å². The number of carbonyl (C=O) groups is 2. The highest BCUT2D eigenvalue weighted by Crippen LogP contribution is 2.24. The molecule has 136 valence electrons. The minimum atomic E-state index is -0.262. The molecule has 1 saturated carbocycles. The Labute approximate surface area is 157 Å². The topological polar surface area (TPSA) is 71.1 Å². The summed E-state index contributed by atoms with van der Waals surface area (Å²) in [6, 6.07) is 9.86. The van der Waals surface area contributed by atoms with Crippen molar-refractivity contribution in [1.82, 2.24) is 10.3 Å². The Kier molecular flexibility index (Phi) is 6.17. The number of rotatable bonds is 5. The smallest absolute Gasteiger partial charge is 0.263 e. The van der Waals surface area contributed by atoms with Gasteiger partial charge in [0, 0.05) is 12.1 Å². The van der Waals surface area contributed by atoms with E-state index in [2.05, 4.69) is 15.6 Å². The standard InChI is InChI=1S/C20H23N3O2S/c1-14-18(19(25)22-16-10-6-3-7-11-16)26-20(21-14)23-17(24)13-12-15-8-4-2-5-9-15/h2,4-5,8-9,12-13,16H,3,6-7,10-11H2,1H3,(H,22,25)(H,21,23,24)/b13-12+. The summed E-state index contributed by atoms with van der Waals surface area (Å²) in [5.41, 5.74) is 1.59. The average molecular weight is 369 g/mol. The second-order valence-electron chi connectivity index (χ2n) is 6.48. The predicted octanol–water partition coefficient (Wildman–Crippen LogP) is 4.17. The monoisotopic (exact) mass is 369 g/mol. The van der Waals surface area contributed by atoms with Gasteiger partial charge >= 0.3 is 0 Å². The lowest BCUT2D eigenvalue weighted by Gasteiger charge is -2.22. The molecule has 0 unspecified atom stereocenters. The lowest BCUT2D eigenvalue weighted by molar-refractivity contribution is -0.111. The number of benzene rings is 1. The van der Waals surface area contributed by atoms with Crippen LogP contribution in [0, 0.1) is 6.92 Å². The van der Waals surface area contributed by atoms with Crippen molar-refractivity contribution in [3.05, 3.63) is 52.5 Å². The minimum Gasteiger partial charge on any atom is -0.349 e. The van der Waals surface area contributed by atoms with Crippen LogP contribution in [-0.2, 0) is 4.79 Å². The van der Waals surface area contributed by atoms with E-state index in [0.29, 0.717) is 15.7 Å². The molecular formula is C20H23N3O2S. The van der Waals surface area contributed by atoms with E-state index in [9.17, 15) is 9.59 Å². The number of aromatic nitrogens is 1. The van der Waals surface area contributed by atoms with Gasteiger partial charge in [-0.15, -0.1) is 0 Å². The number of thiazole rings is 1. The molecule has 3 rings (SSSR count). The molecule has 0 radical (unpaired) electrons. The second kappa shape index (κ2) is 8.76. The van der Waals surface area contributed by atoms with Gasteiger partial charge in [-0.3, -0.25) is 14.9 Å². The molecule has 1 aliphatic carbocycles. The molecule has 0 spiro atoms. The van der Waals surface area contributed by atoms with Gasteiger partial charge in [-0.1, -0.05) is 60.9 Å². The van der Waals surface area contributed by atoms with Crippen molar-refractivity contribution in [2.45, 2.75) is 45.1 Å². The highest BCUT2D eigenvalue weighted by molar-refractivity contribution is 7.17. The fraction of sp³-hybridized carbons (Fsp3) is 0.350. The van der Waals surface area contributed by atoms with Gasteiger partial charge in [-0.05, 0) is 31.4 Å². The quantitative estimate of drug-likeness (QED) is 0.777. The summed E-state index contributed by atoms with van der Waals surface area (Å²) in [4.78, 5) is 29.4. The van der Waals surface area contributed by atoms with Gasteiger partial charge in [-0.2, -0.15) is 0 Å². The van der Waals surface area contributed by atoms with Crippen LogP contribution in [0.5, 0.6) is 0 Å². The van der Waals surface area contributed by atoms with E-state index in [1.54, 1.807) is 13.0 Å². The van der Waals surface area contributed by atoms with Crippen molar-refractivity contribution < 1.29 is 9.59 Å². The molecular weight excluding hydrogens is 346 g/mol. The fourth-order valence-electron chi connectivity index (χ4n) is 3.04. The van der Waals surface area contributed by atoms with Crippen LogP contribution in [0.4, 0.5) is 5.13 Å². The Balaban J connectivity index is 1.59. The number of hydrogen-bond acceptors (Lipinski definition) is 4. The Bertz CT molecular complexity index is 793. The van der Waals surface area contributed by atoms with E-state index in [-0.39, 0.29) is 17.9 Å². The summed E-state index contributed by atoms with van der Waals surface area (Å²) < 4.78 is 0. The number of hydrogen-bond donors (Lipinski definition) is 2. The van der Waals surface area contributed by atoms with Gasteiger partial charge in [0.15, 0.2) is 5.13 Å². The van der Waals surface area contributed by atoms with E-state index in [1.807, 2.05) is 30.3 Å². The zero-order valence-electron chi connectivity index (χ0n) is 14.8. The van der Waals surface area contributed by atoms with Crippen LogP contribution in [0.25, 0.3) is 6.08 Å². The number of anilines is 1. The molecule has 0 bridgehead atoms. The van der Waals surface area contributed by atoms with Crippen LogP contribution < -0.4 is 10.6 Å². The van der Waals surface area contributed by atoms with E-state index >= 15 is 0 Å². The molecule has 5 nitrogen and oxygen atoms in total. The second-order valence-corrected chi connectivity index (χ2v) is 7.47. The van der Waals surface area contributed by atoms with Crippen LogP contribution in [0.3, 0.4) is 0 Å². The van der Waals surface area contributed by atoms with Crippen LogP contribution >= 0.6 is 11.3 Å². The Morgan fingerprint density at radius 1 is 1.15 bits per heavy atom. The number of nitrogens with one attached hydrogen (secondary N) is 2. The van der Waals surface area contributed by atoms with Crippen molar-refractivity contribution in [2.75, 3.05) is 5.32 Å². The van der Waals surface area contributed by atoms with E-state index in [4.69, 9.17) is 0 Å². The summed E-state index contributed by atoms with van der Waals surface area (Å²) >= 11 is 1.22. The first kappa shape index (κ1) is 18.3. The zero-order valence-corrected chi connectivity index (χ0v) is 15.6. The van der Waals surface area contributed by atoms with Crippen molar-refractivity contribution in [3.63, 3.8) is 0 Å². The first-order valence-corrected chi connectivity index (χ1v) is 9.76. The number of nitrogens with zero attached hydrogens (tertiary/aromatic N) is 1. The zero-order chi connectivity index (χ0) is 18.4. The molecule has 1 aromatic carbocycles. The molecule has 0 atom stereocenters. The van der Waals surface area contributed by atoms with Crippen LogP contribution in [0.1, 0.15) is 53.0 Å². The predicted molar refractivity (Wildman–Crippen MR) is 105 cm³/mol.